The summed E-state index contributed by atoms with van der Waals surface area (Å²) in [4.78, 5) is 0. The van der Waals surface area contributed by atoms with Gasteiger partial charge in [0.1, 0.15) is 0 Å². The summed E-state index contributed by atoms with van der Waals surface area (Å²) in [7, 11) is 0. The second-order valence-electron chi connectivity index (χ2n) is 7.01. The summed E-state index contributed by atoms with van der Waals surface area (Å²) < 4.78 is 2.57. The van der Waals surface area contributed by atoms with Gasteiger partial charge in [0.2, 0.25) is 0 Å². The Labute approximate surface area is 108 Å². The zero-order valence-electron chi connectivity index (χ0n) is 10.8. The molecule has 0 saturated heterocycles. The van der Waals surface area contributed by atoms with Gasteiger partial charge in [-0.25, -0.2) is 0 Å². The van der Waals surface area contributed by atoms with Crippen molar-refractivity contribution in [3.05, 3.63) is 23.5 Å². The Kier molecular flexibility index (Phi) is 1.80. The maximum atomic E-state index is 10.1. The molecule has 0 radical (unpaired) electrons. The molecule has 0 aromatic carbocycles. The van der Waals surface area contributed by atoms with E-state index in [2.05, 4.69) is 16.8 Å². The summed E-state index contributed by atoms with van der Waals surface area (Å²) in [6.07, 6.45) is 9.91. The Morgan fingerprint density at radius 3 is 2.67 bits per heavy atom. The van der Waals surface area contributed by atoms with Gasteiger partial charge < -0.3 is 9.67 Å². The van der Waals surface area contributed by atoms with Gasteiger partial charge in [-0.15, -0.1) is 0 Å². The van der Waals surface area contributed by atoms with E-state index in [4.69, 9.17) is 0 Å². The van der Waals surface area contributed by atoms with E-state index in [1.165, 1.54) is 36.9 Å². The third kappa shape index (κ3) is 1.09. The van der Waals surface area contributed by atoms with Gasteiger partial charge in [-0.2, -0.15) is 0 Å². The molecule has 1 aromatic heterocycles. The first-order chi connectivity index (χ1) is 8.84. The van der Waals surface area contributed by atoms with E-state index in [0.29, 0.717) is 0 Å². The van der Waals surface area contributed by atoms with Crippen LogP contribution in [0.15, 0.2) is 12.3 Å². The van der Waals surface area contributed by atoms with Crippen molar-refractivity contribution < 1.29 is 5.11 Å². The molecule has 1 aromatic rings. The van der Waals surface area contributed by atoms with Crippen molar-refractivity contribution in [1.29, 1.82) is 0 Å². The summed E-state index contributed by atoms with van der Waals surface area (Å²) in [5.41, 5.74) is 2.70. The van der Waals surface area contributed by atoms with Crippen LogP contribution in [0.3, 0.4) is 0 Å². The van der Waals surface area contributed by atoms with Crippen LogP contribution >= 0.6 is 0 Å². The van der Waals surface area contributed by atoms with Crippen LogP contribution in [0.4, 0.5) is 0 Å². The minimum absolute atomic E-state index is 0.190. The predicted octanol–water partition coefficient (Wildman–Crippen LogP) is 3.07. The molecule has 0 aliphatic heterocycles. The highest BCUT2D eigenvalue weighted by atomic mass is 16.3. The van der Waals surface area contributed by atoms with Crippen LogP contribution in [0, 0.1) is 23.7 Å². The van der Waals surface area contributed by atoms with Crippen LogP contribution in [0.25, 0.3) is 0 Å². The van der Waals surface area contributed by atoms with Crippen molar-refractivity contribution in [3.63, 3.8) is 0 Å². The van der Waals surface area contributed by atoms with Crippen molar-refractivity contribution in [3.8, 4) is 0 Å². The average Bonchev–Trinajstić information content (AvgIpc) is 2.78. The molecule has 1 N–H and O–H groups in total. The fourth-order valence-electron chi connectivity index (χ4n) is 5.62. The number of aliphatic hydroxyl groups excluding tert-OH is 1. The number of aliphatic hydroxyl groups is 1. The third-order valence-electron chi connectivity index (χ3n) is 6.33. The van der Waals surface area contributed by atoms with E-state index in [1.807, 2.05) is 0 Å². The fraction of sp³-hybridized carbons (Fsp3) is 0.750. The van der Waals surface area contributed by atoms with E-state index in [1.54, 1.807) is 0 Å². The smallest absolute Gasteiger partial charge is 0.0807 e. The lowest BCUT2D eigenvalue weighted by Crippen LogP contribution is -2.13. The number of rotatable bonds is 1. The molecule has 2 bridgehead atoms. The molecular weight excluding hydrogens is 222 g/mol. The van der Waals surface area contributed by atoms with E-state index < -0.39 is 0 Å². The van der Waals surface area contributed by atoms with Gasteiger partial charge in [0.15, 0.2) is 0 Å². The number of aromatic nitrogens is 1. The van der Waals surface area contributed by atoms with Crippen molar-refractivity contribution in [2.24, 2.45) is 23.7 Å². The second kappa shape index (κ2) is 3.22. The molecule has 2 nitrogen and oxygen atoms in total. The van der Waals surface area contributed by atoms with Crippen LogP contribution in [0.1, 0.15) is 55.5 Å². The van der Waals surface area contributed by atoms with Crippen molar-refractivity contribution in [1.82, 2.24) is 4.57 Å². The Morgan fingerprint density at radius 1 is 1.11 bits per heavy atom. The molecule has 18 heavy (non-hydrogen) atoms. The number of hydrogen-bond donors (Lipinski definition) is 1. The Morgan fingerprint density at radius 2 is 1.89 bits per heavy atom. The van der Waals surface area contributed by atoms with E-state index in [9.17, 15) is 5.11 Å². The van der Waals surface area contributed by atoms with Gasteiger partial charge in [0, 0.05) is 23.5 Å². The van der Waals surface area contributed by atoms with Gasteiger partial charge in [-0.1, -0.05) is 0 Å². The van der Waals surface area contributed by atoms with Gasteiger partial charge >= 0.3 is 0 Å². The van der Waals surface area contributed by atoms with Crippen LogP contribution in [0.2, 0.25) is 0 Å². The van der Waals surface area contributed by atoms with Crippen molar-refractivity contribution in [2.45, 2.75) is 50.7 Å². The predicted molar refractivity (Wildman–Crippen MR) is 69.2 cm³/mol. The first kappa shape index (κ1) is 10.1. The summed E-state index contributed by atoms with van der Waals surface area (Å²) in [6, 6.07) is 3.00. The standard InChI is InChI=1S/C16H21NO/c18-13-3-1-2-12-11(13)6-7-17(12)16-14-9-4-5-10(8-9)15(14)16/h6-7,9-10,13-16,18H,1-5,8H2. The maximum Gasteiger partial charge on any atom is 0.0807 e. The molecular formula is C16H21NO. The minimum Gasteiger partial charge on any atom is -0.388 e. The van der Waals surface area contributed by atoms with E-state index in [-0.39, 0.29) is 6.10 Å². The highest BCUT2D eigenvalue weighted by molar-refractivity contribution is 5.31. The number of nitrogens with zero attached hydrogens (tertiary/aromatic N) is 1. The van der Waals surface area contributed by atoms with E-state index >= 15 is 0 Å². The first-order valence-electron chi connectivity index (χ1n) is 7.72. The first-order valence-corrected chi connectivity index (χ1v) is 7.72. The van der Waals surface area contributed by atoms with Gasteiger partial charge in [-0.3, -0.25) is 0 Å². The largest absolute Gasteiger partial charge is 0.388 e. The SMILES string of the molecule is OC1CCCc2c1ccn2C1C2C3CCC(C3)C21. The highest BCUT2D eigenvalue weighted by Gasteiger charge is 2.65. The average molecular weight is 243 g/mol. The van der Waals surface area contributed by atoms with Gasteiger partial charge in [0.05, 0.1) is 6.10 Å². The highest BCUT2D eigenvalue weighted by Crippen LogP contribution is 2.71. The Bertz CT molecular complexity index is 489. The second-order valence-corrected chi connectivity index (χ2v) is 7.01. The quantitative estimate of drug-likeness (QED) is 0.805. The lowest BCUT2D eigenvalue weighted by molar-refractivity contribution is 0.155. The lowest BCUT2D eigenvalue weighted by atomic mass is 9.95. The lowest BCUT2D eigenvalue weighted by Gasteiger charge is -2.21. The number of hydrogen-bond acceptors (Lipinski definition) is 1. The zero-order valence-corrected chi connectivity index (χ0v) is 10.8. The minimum atomic E-state index is -0.190. The molecule has 3 saturated carbocycles. The molecule has 4 aliphatic rings. The summed E-state index contributed by atoms with van der Waals surface area (Å²) >= 11 is 0. The van der Waals surface area contributed by atoms with Crippen molar-refractivity contribution in [2.75, 3.05) is 0 Å². The van der Waals surface area contributed by atoms with Gasteiger partial charge in [-0.05, 0) is 68.3 Å². The molecule has 5 atom stereocenters. The molecule has 4 aliphatic carbocycles. The van der Waals surface area contributed by atoms with Crippen LogP contribution in [-0.2, 0) is 6.42 Å². The molecule has 3 fully saturated rings. The molecule has 2 heteroatoms. The maximum absolute atomic E-state index is 10.1. The Balaban J connectivity index is 1.52. The van der Waals surface area contributed by atoms with Crippen LogP contribution < -0.4 is 0 Å². The molecule has 96 valence electrons. The van der Waals surface area contributed by atoms with Crippen molar-refractivity contribution >= 4 is 0 Å². The van der Waals surface area contributed by atoms with Crippen LogP contribution in [-0.4, -0.2) is 9.67 Å². The monoisotopic (exact) mass is 243 g/mol. The fourth-order valence-corrected chi connectivity index (χ4v) is 5.62. The van der Waals surface area contributed by atoms with E-state index in [0.717, 1.165) is 42.6 Å². The van der Waals surface area contributed by atoms with Crippen LogP contribution in [0.5, 0.6) is 0 Å². The zero-order chi connectivity index (χ0) is 11.9. The third-order valence-corrected chi connectivity index (χ3v) is 6.33. The molecule has 1 heterocycles. The van der Waals surface area contributed by atoms with Gasteiger partial charge in [0.25, 0.3) is 0 Å². The molecule has 5 rings (SSSR count). The normalized spacial score (nSPS) is 48.1. The molecule has 5 unspecified atom stereocenters. The number of fused-ring (bicyclic) bond motifs is 6. The topological polar surface area (TPSA) is 25.2 Å². The summed E-state index contributed by atoms with van der Waals surface area (Å²) in [5, 5.41) is 10.1. The molecule has 0 spiro atoms. The molecule has 0 amide bonds. The summed E-state index contributed by atoms with van der Waals surface area (Å²) in [6.45, 7) is 0. The Hall–Kier alpha value is -0.760. The summed E-state index contributed by atoms with van der Waals surface area (Å²) in [5.74, 6) is 4.08.